The number of hydrogen-bond acceptors (Lipinski definition) is 3. The van der Waals surface area contributed by atoms with Gasteiger partial charge in [0.25, 0.3) is 0 Å². The molecule has 19 heavy (non-hydrogen) atoms. The molecule has 0 aliphatic carbocycles. The Morgan fingerprint density at radius 2 is 2.05 bits per heavy atom. The molecule has 0 amide bonds. The van der Waals surface area contributed by atoms with Crippen molar-refractivity contribution in [1.82, 2.24) is 5.32 Å². The second-order valence-corrected chi connectivity index (χ2v) is 6.32. The highest BCUT2D eigenvalue weighted by Crippen LogP contribution is 2.28. The summed E-state index contributed by atoms with van der Waals surface area (Å²) < 4.78 is 6.94. The van der Waals surface area contributed by atoms with Crippen molar-refractivity contribution in [3.8, 4) is 5.75 Å². The van der Waals surface area contributed by atoms with Gasteiger partial charge in [-0.25, -0.2) is 0 Å². The van der Waals surface area contributed by atoms with Gasteiger partial charge < -0.3 is 15.2 Å². The summed E-state index contributed by atoms with van der Waals surface area (Å²) in [7, 11) is 0. The summed E-state index contributed by atoms with van der Waals surface area (Å²) in [5, 5.41) is 13.0. The van der Waals surface area contributed by atoms with Gasteiger partial charge in [-0.3, -0.25) is 0 Å². The van der Waals surface area contributed by atoms with E-state index < -0.39 is 5.60 Å². The minimum Gasteiger partial charge on any atom is -0.493 e. The van der Waals surface area contributed by atoms with Gasteiger partial charge in [-0.15, -0.1) is 0 Å². The average Bonchev–Trinajstić information content (AvgIpc) is 2.27. The van der Waals surface area contributed by atoms with Crippen molar-refractivity contribution in [3.05, 3.63) is 27.7 Å². The fraction of sp³-hybridized carbons (Fsp3) is 0.600. The lowest BCUT2D eigenvalue weighted by Crippen LogP contribution is -2.22. The summed E-state index contributed by atoms with van der Waals surface area (Å²) in [5.41, 5.74) is 1.56. The van der Waals surface area contributed by atoms with E-state index in [1.165, 1.54) is 0 Å². The second-order valence-electron chi connectivity index (χ2n) is 5.40. The van der Waals surface area contributed by atoms with Crippen LogP contribution in [-0.4, -0.2) is 23.9 Å². The molecule has 3 nitrogen and oxygen atoms in total. The van der Waals surface area contributed by atoms with E-state index in [0.717, 1.165) is 34.4 Å². The van der Waals surface area contributed by atoms with Crippen LogP contribution in [0.15, 0.2) is 16.6 Å². The monoisotopic (exact) mass is 329 g/mol. The molecular formula is C15H24BrNO2. The van der Waals surface area contributed by atoms with Gasteiger partial charge in [-0.05, 0) is 45.0 Å². The number of nitrogens with one attached hydrogen (secondary N) is 1. The van der Waals surface area contributed by atoms with Crippen LogP contribution >= 0.6 is 15.9 Å². The quantitative estimate of drug-likeness (QED) is 0.805. The molecule has 1 aromatic rings. The first-order chi connectivity index (χ1) is 8.83. The number of benzene rings is 1. The Balaban J connectivity index is 2.79. The van der Waals surface area contributed by atoms with Crippen LogP contribution in [0.25, 0.3) is 0 Å². The smallest absolute Gasteiger partial charge is 0.126 e. The standard InChI is InChI=1S/C15H24BrNO2/c1-5-17-10-12-9-13(16)8-11(2)14(12)19-7-6-15(3,4)18/h8-9,17-18H,5-7,10H2,1-4H3. The molecule has 0 radical (unpaired) electrons. The average molecular weight is 330 g/mol. The molecule has 0 fully saturated rings. The van der Waals surface area contributed by atoms with Crippen LogP contribution in [-0.2, 0) is 6.54 Å². The first-order valence-corrected chi connectivity index (χ1v) is 7.47. The van der Waals surface area contributed by atoms with E-state index in [0.29, 0.717) is 13.0 Å². The minimum atomic E-state index is -0.689. The molecule has 2 N–H and O–H groups in total. The Bertz CT molecular complexity index is 413. The lowest BCUT2D eigenvalue weighted by molar-refractivity contribution is 0.0551. The highest BCUT2D eigenvalue weighted by Gasteiger charge is 2.14. The van der Waals surface area contributed by atoms with Gasteiger partial charge >= 0.3 is 0 Å². The third-order valence-corrected chi connectivity index (χ3v) is 3.30. The van der Waals surface area contributed by atoms with Crippen LogP contribution in [0.5, 0.6) is 5.75 Å². The highest BCUT2D eigenvalue weighted by molar-refractivity contribution is 9.10. The lowest BCUT2D eigenvalue weighted by Gasteiger charge is -2.19. The molecule has 0 aromatic heterocycles. The van der Waals surface area contributed by atoms with E-state index in [1.54, 1.807) is 13.8 Å². The zero-order valence-electron chi connectivity index (χ0n) is 12.2. The molecule has 0 unspecified atom stereocenters. The van der Waals surface area contributed by atoms with Gasteiger partial charge in [0.15, 0.2) is 0 Å². The molecule has 0 saturated carbocycles. The summed E-state index contributed by atoms with van der Waals surface area (Å²) in [4.78, 5) is 0. The molecule has 0 aliphatic heterocycles. The fourth-order valence-corrected chi connectivity index (χ4v) is 2.42. The molecule has 0 aliphatic rings. The Labute approximate surface area is 124 Å². The number of hydrogen-bond donors (Lipinski definition) is 2. The summed E-state index contributed by atoms with van der Waals surface area (Å²) >= 11 is 3.52. The molecular weight excluding hydrogens is 306 g/mol. The SMILES string of the molecule is CCNCc1cc(Br)cc(C)c1OCCC(C)(C)O. The van der Waals surface area contributed by atoms with Crippen molar-refractivity contribution in [2.45, 2.75) is 46.3 Å². The molecule has 4 heteroatoms. The maximum Gasteiger partial charge on any atom is 0.126 e. The zero-order valence-corrected chi connectivity index (χ0v) is 13.8. The van der Waals surface area contributed by atoms with Crippen LogP contribution < -0.4 is 10.1 Å². The first-order valence-electron chi connectivity index (χ1n) is 6.68. The second kappa shape index (κ2) is 7.27. The minimum absolute atomic E-state index is 0.519. The predicted molar refractivity (Wildman–Crippen MR) is 82.7 cm³/mol. The summed E-state index contributed by atoms with van der Waals surface area (Å²) in [5.74, 6) is 0.924. The van der Waals surface area contributed by atoms with Crippen molar-refractivity contribution in [2.24, 2.45) is 0 Å². The van der Waals surface area contributed by atoms with Crippen LogP contribution in [0.4, 0.5) is 0 Å². The third-order valence-electron chi connectivity index (χ3n) is 2.84. The van der Waals surface area contributed by atoms with Crippen LogP contribution in [0.3, 0.4) is 0 Å². The van der Waals surface area contributed by atoms with E-state index in [-0.39, 0.29) is 0 Å². The summed E-state index contributed by atoms with van der Waals surface area (Å²) in [6, 6.07) is 4.13. The summed E-state index contributed by atoms with van der Waals surface area (Å²) in [6.07, 6.45) is 0.614. The zero-order chi connectivity index (χ0) is 14.5. The van der Waals surface area contributed by atoms with Crippen LogP contribution in [0.1, 0.15) is 38.3 Å². The van der Waals surface area contributed by atoms with Crippen molar-refractivity contribution in [2.75, 3.05) is 13.2 Å². The normalized spacial score (nSPS) is 11.7. The topological polar surface area (TPSA) is 41.5 Å². The molecule has 1 aromatic carbocycles. The van der Waals surface area contributed by atoms with Crippen molar-refractivity contribution >= 4 is 15.9 Å². The van der Waals surface area contributed by atoms with E-state index >= 15 is 0 Å². The van der Waals surface area contributed by atoms with E-state index in [4.69, 9.17) is 4.74 Å². The fourth-order valence-electron chi connectivity index (χ4n) is 1.80. The highest BCUT2D eigenvalue weighted by atomic mass is 79.9. The molecule has 0 atom stereocenters. The number of aryl methyl sites for hydroxylation is 1. The lowest BCUT2D eigenvalue weighted by atomic mass is 10.1. The van der Waals surface area contributed by atoms with Gasteiger partial charge in [-0.2, -0.15) is 0 Å². The number of halogens is 1. The Hall–Kier alpha value is -0.580. The summed E-state index contributed by atoms with van der Waals surface area (Å²) in [6.45, 7) is 9.95. The number of aliphatic hydroxyl groups is 1. The van der Waals surface area contributed by atoms with Gasteiger partial charge in [0, 0.05) is 23.0 Å². The van der Waals surface area contributed by atoms with Crippen molar-refractivity contribution in [1.29, 1.82) is 0 Å². The van der Waals surface area contributed by atoms with Gasteiger partial charge in [-0.1, -0.05) is 22.9 Å². The third kappa shape index (κ3) is 5.93. The Morgan fingerprint density at radius 1 is 1.37 bits per heavy atom. The predicted octanol–water partition coefficient (Wildman–Crippen LogP) is 3.41. The number of ether oxygens (including phenoxy) is 1. The van der Waals surface area contributed by atoms with E-state index in [9.17, 15) is 5.11 Å². The van der Waals surface area contributed by atoms with Crippen LogP contribution in [0, 0.1) is 6.92 Å². The maximum atomic E-state index is 9.72. The molecule has 0 saturated heterocycles. The van der Waals surface area contributed by atoms with Crippen LogP contribution in [0.2, 0.25) is 0 Å². The molecule has 108 valence electrons. The van der Waals surface area contributed by atoms with Crippen molar-refractivity contribution < 1.29 is 9.84 Å². The van der Waals surface area contributed by atoms with Gasteiger partial charge in [0.2, 0.25) is 0 Å². The Morgan fingerprint density at radius 3 is 2.63 bits per heavy atom. The van der Waals surface area contributed by atoms with Crippen molar-refractivity contribution in [3.63, 3.8) is 0 Å². The van der Waals surface area contributed by atoms with Gasteiger partial charge in [0.05, 0.1) is 12.2 Å². The Kier molecular flexibility index (Phi) is 6.30. The largest absolute Gasteiger partial charge is 0.493 e. The first kappa shape index (κ1) is 16.5. The molecule has 1 rings (SSSR count). The van der Waals surface area contributed by atoms with Gasteiger partial charge in [0.1, 0.15) is 5.75 Å². The van der Waals surface area contributed by atoms with E-state index in [1.807, 2.05) is 6.92 Å². The molecule has 0 spiro atoms. The molecule has 0 bridgehead atoms. The van der Waals surface area contributed by atoms with E-state index in [2.05, 4.69) is 40.3 Å². The number of rotatable bonds is 7. The molecule has 0 heterocycles. The maximum absolute atomic E-state index is 9.72.